The Kier molecular flexibility index (Phi) is 4.30. The summed E-state index contributed by atoms with van der Waals surface area (Å²) in [5.74, 6) is 2.74. The summed E-state index contributed by atoms with van der Waals surface area (Å²) in [6.45, 7) is 4.97. The van der Waals surface area contributed by atoms with Gasteiger partial charge in [0.15, 0.2) is 0 Å². The number of carboxylic acid groups (broad SMARTS) is 1. The first-order valence-corrected chi connectivity index (χ1v) is 10.4. The standard InChI is InChI=1S/C22H34O3/c1-21-12-10-19-17(18(21)7-4-14(21)5-8-20(24)25)6-3-15-13-16(23)9-11-22(15,19)2/h5,8,14-19,23H,3-4,6-7,9-13H2,1-2H3,(H,24,25)/b8-5+/t14-,15?,16+,17+,18+,19+,21-,22+/m1/s1. The number of aliphatic hydroxyl groups is 1. The largest absolute Gasteiger partial charge is 0.478 e. The Bertz CT molecular complexity index is 570. The van der Waals surface area contributed by atoms with Crippen molar-refractivity contribution in [2.75, 3.05) is 0 Å². The molecule has 0 spiro atoms. The maximum atomic E-state index is 11.0. The van der Waals surface area contributed by atoms with Gasteiger partial charge in [-0.25, -0.2) is 4.79 Å². The fourth-order valence-corrected chi connectivity index (χ4v) is 7.79. The molecule has 4 aliphatic carbocycles. The SMILES string of the molecule is C[C@]12CC[C@H]3[C@@H](CCC4C[C@@H](O)CC[C@@]43C)[C@@H]1CC[C@@H]2/C=C/C(=O)O. The number of rotatable bonds is 2. The molecule has 0 aliphatic heterocycles. The van der Waals surface area contributed by atoms with Crippen LogP contribution in [0.5, 0.6) is 0 Å². The summed E-state index contributed by atoms with van der Waals surface area (Å²) in [5, 5.41) is 19.2. The van der Waals surface area contributed by atoms with Crippen LogP contribution < -0.4 is 0 Å². The van der Waals surface area contributed by atoms with Crippen molar-refractivity contribution >= 4 is 5.97 Å². The van der Waals surface area contributed by atoms with Crippen LogP contribution in [0.3, 0.4) is 0 Å². The van der Waals surface area contributed by atoms with Crippen LogP contribution >= 0.6 is 0 Å². The third kappa shape index (κ3) is 2.69. The van der Waals surface area contributed by atoms with Gasteiger partial charge in [0, 0.05) is 6.08 Å². The molecule has 0 radical (unpaired) electrons. The van der Waals surface area contributed by atoms with Crippen molar-refractivity contribution in [3.63, 3.8) is 0 Å². The molecule has 0 bridgehead atoms. The smallest absolute Gasteiger partial charge is 0.327 e. The van der Waals surface area contributed by atoms with Crippen LogP contribution in [0.1, 0.15) is 71.6 Å². The van der Waals surface area contributed by atoms with Crippen LogP contribution in [0.15, 0.2) is 12.2 Å². The molecule has 2 N–H and O–H groups in total. The second kappa shape index (κ2) is 6.11. The predicted octanol–water partition coefficient (Wildman–Crippen LogP) is 4.65. The van der Waals surface area contributed by atoms with E-state index in [1.165, 1.54) is 44.6 Å². The molecular formula is C22H34O3. The van der Waals surface area contributed by atoms with Crippen molar-refractivity contribution in [3.05, 3.63) is 12.2 Å². The van der Waals surface area contributed by atoms with Gasteiger partial charge in [0.05, 0.1) is 6.10 Å². The number of aliphatic hydroxyl groups excluding tert-OH is 1. The molecule has 4 aliphatic rings. The zero-order valence-corrected chi connectivity index (χ0v) is 15.8. The van der Waals surface area contributed by atoms with Gasteiger partial charge in [-0.3, -0.25) is 0 Å². The van der Waals surface area contributed by atoms with Crippen LogP contribution in [0.25, 0.3) is 0 Å². The summed E-state index contributed by atoms with van der Waals surface area (Å²) in [4.78, 5) is 11.0. The van der Waals surface area contributed by atoms with Crippen molar-refractivity contribution in [1.29, 1.82) is 0 Å². The fourth-order valence-electron chi connectivity index (χ4n) is 7.79. The van der Waals surface area contributed by atoms with Gasteiger partial charge in [0.2, 0.25) is 0 Å². The van der Waals surface area contributed by atoms with Crippen LogP contribution in [-0.2, 0) is 4.79 Å². The van der Waals surface area contributed by atoms with Crippen molar-refractivity contribution in [1.82, 2.24) is 0 Å². The lowest BCUT2D eigenvalue weighted by atomic mass is 9.44. The summed E-state index contributed by atoms with van der Waals surface area (Å²) in [6, 6.07) is 0. The van der Waals surface area contributed by atoms with Gasteiger partial charge in [-0.2, -0.15) is 0 Å². The van der Waals surface area contributed by atoms with Gasteiger partial charge in [-0.1, -0.05) is 19.9 Å². The lowest BCUT2D eigenvalue weighted by Crippen LogP contribution is -2.53. The molecule has 0 amide bonds. The Balaban J connectivity index is 1.57. The van der Waals surface area contributed by atoms with Gasteiger partial charge in [-0.15, -0.1) is 0 Å². The Hall–Kier alpha value is -0.830. The Morgan fingerprint density at radius 2 is 1.68 bits per heavy atom. The fraction of sp³-hybridized carbons (Fsp3) is 0.864. The number of fused-ring (bicyclic) bond motifs is 5. The summed E-state index contributed by atoms with van der Waals surface area (Å²) >= 11 is 0. The average molecular weight is 347 g/mol. The van der Waals surface area contributed by atoms with Crippen LogP contribution in [0, 0.1) is 40.4 Å². The van der Waals surface area contributed by atoms with Crippen LogP contribution in [0.2, 0.25) is 0 Å². The van der Waals surface area contributed by atoms with E-state index < -0.39 is 5.97 Å². The quantitative estimate of drug-likeness (QED) is 0.716. The highest BCUT2D eigenvalue weighted by Gasteiger charge is 2.59. The number of hydrogen-bond acceptors (Lipinski definition) is 2. The molecule has 0 saturated heterocycles. The second-order valence-electron chi connectivity index (χ2n) is 10.0. The zero-order valence-electron chi connectivity index (χ0n) is 15.8. The molecule has 3 heteroatoms. The number of hydrogen-bond donors (Lipinski definition) is 2. The van der Waals surface area contributed by atoms with E-state index in [0.717, 1.165) is 37.0 Å². The highest BCUT2D eigenvalue weighted by Crippen LogP contribution is 2.67. The van der Waals surface area contributed by atoms with E-state index in [2.05, 4.69) is 13.8 Å². The first kappa shape index (κ1) is 17.6. The van der Waals surface area contributed by atoms with Gasteiger partial charge in [-0.05, 0) is 98.2 Å². The number of carboxylic acids is 1. The topological polar surface area (TPSA) is 57.5 Å². The van der Waals surface area contributed by atoms with Crippen molar-refractivity contribution in [2.45, 2.75) is 77.7 Å². The van der Waals surface area contributed by atoms with Gasteiger partial charge in [0.25, 0.3) is 0 Å². The Morgan fingerprint density at radius 1 is 0.960 bits per heavy atom. The highest BCUT2D eigenvalue weighted by atomic mass is 16.4. The Labute approximate surface area is 151 Å². The van der Waals surface area contributed by atoms with E-state index in [1.807, 2.05) is 6.08 Å². The molecule has 4 fully saturated rings. The minimum Gasteiger partial charge on any atom is -0.478 e. The normalized spacial score (nSPS) is 52.4. The number of carbonyl (C=O) groups is 1. The third-order valence-corrected chi connectivity index (χ3v) is 9.18. The van der Waals surface area contributed by atoms with Crippen molar-refractivity contribution in [3.8, 4) is 0 Å². The average Bonchev–Trinajstić information content (AvgIpc) is 2.90. The first-order chi connectivity index (χ1) is 11.8. The second-order valence-corrected chi connectivity index (χ2v) is 10.0. The molecule has 140 valence electrons. The molecule has 0 aromatic rings. The van der Waals surface area contributed by atoms with Crippen LogP contribution in [-0.4, -0.2) is 22.3 Å². The van der Waals surface area contributed by atoms with E-state index in [-0.39, 0.29) is 6.10 Å². The molecule has 25 heavy (non-hydrogen) atoms. The third-order valence-electron chi connectivity index (χ3n) is 9.18. The maximum absolute atomic E-state index is 11.0. The van der Waals surface area contributed by atoms with E-state index >= 15 is 0 Å². The number of aliphatic carboxylic acids is 1. The maximum Gasteiger partial charge on any atom is 0.327 e. The van der Waals surface area contributed by atoms with Crippen molar-refractivity contribution < 1.29 is 15.0 Å². The molecule has 8 atom stereocenters. The van der Waals surface area contributed by atoms with Crippen LogP contribution in [0.4, 0.5) is 0 Å². The van der Waals surface area contributed by atoms with Gasteiger partial charge in [0.1, 0.15) is 0 Å². The molecule has 1 unspecified atom stereocenters. The molecule has 4 saturated carbocycles. The lowest BCUT2D eigenvalue weighted by Gasteiger charge is -2.60. The van der Waals surface area contributed by atoms with E-state index in [4.69, 9.17) is 5.11 Å². The van der Waals surface area contributed by atoms with E-state index in [0.29, 0.717) is 22.7 Å². The summed E-state index contributed by atoms with van der Waals surface area (Å²) in [6.07, 6.45) is 14.1. The molecule has 0 aromatic heterocycles. The van der Waals surface area contributed by atoms with Gasteiger partial charge < -0.3 is 10.2 Å². The molecule has 4 rings (SSSR count). The lowest BCUT2D eigenvalue weighted by molar-refractivity contribution is -0.131. The molecule has 3 nitrogen and oxygen atoms in total. The van der Waals surface area contributed by atoms with E-state index in [9.17, 15) is 9.90 Å². The molecule has 0 heterocycles. The first-order valence-electron chi connectivity index (χ1n) is 10.4. The van der Waals surface area contributed by atoms with Crippen molar-refractivity contribution in [2.24, 2.45) is 40.4 Å². The predicted molar refractivity (Wildman–Crippen MR) is 98.0 cm³/mol. The monoisotopic (exact) mass is 346 g/mol. The summed E-state index contributed by atoms with van der Waals surface area (Å²) < 4.78 is 0. The minimum atomic E-state index is -0.811. The highest BCUT2D eigenvalue weighted by molar-refractivity contribution is 5.79. The minimum absolute atomic E-state index is 0.0690. The molecular weight excluding hydrogens is 312 g/mol. The Morgan fingerprint density at radius 3 is 2.44 bits per heavy atom. The summed E-state index contributed by atoms with van der Waals surface area (Å²) in [7, 11) is 0. The molecule has 0 aromatic carbocycles. The number of allylic oxidation sites excluding steroid dienone is 1. The summed E-state index contributed by atoms with van der Waals surface area (Å²) in [5.41, 5.74) is 0.725. The van der Waals surface area contributed by atoms with Gasteiger partial charge >= 0.3 is 5.97 Å². The zero-order chi connectivity index (χ0) is 17.8. The van der Waals surface area contributed by atoms with E-state index in [1.54, 1.807) is 0 Å².